The Labute approximate surface area is 182 Å². The van der Waals surface area contributed by atoms with E-state index < -0.39 is 0 Å². The number of amidine groups is 1. The predicted octanol–water partition coefficient (Wildman–Crippen LogP) is 6.00. The molecule has 5 nitrogen and oxygen atoms in total. The second-order valence-electron chi connectivity index (χ2n) is 8.45. The van der Waals surface area contributed by atoms with Gasteiger partial charge in [0.1, 0.15) is 5.84 Å². The second-order valence-corrected chi connectivity index (χ2v) is 8.45. The van der Waals surface area contributed by atoms with E-state index in [2.05, 4.69) is 56.2 Å². The molecule has 0 aliphatic heterocycles. The van der Waals surface area contributed by atoms with Crippen molar-refractivity contribution in [2.75, 3.05) is 5.32 Å². The molecule has 0 spiro atoms. The molecule has 31 heavy (non-hydrogen) atoms. The third kappa shape index (κ3) is 3.91. The van der Waals surface area contributed by atoms with Gasteiger partial charge in [0, 0.05) is 11.3 Å². The number of nitrogens with one attached hydrogen (secondary N) is 3. The highest BCUT2D eigenvalue weighted by molar-refractivity contribution is 6.08. The maximum Gasteiger partial charge on any atom is 0.331 e. The van der Waals surface area contributed by atoms with Gasteiger partial charge in [-0.3, -0.25) is 9.98 Å². The van der Waals surface area contributed by atoms with Crippen molar-refractivity contribution in [3.8, 4) is 5.69 Å². The summed E-state index contributed by atoms with van der Waals surface area (Å²) in [5, 5.41) is 12.1. The van der Waals surface area contributed by atoms with Crippen LogP contribution in [-0.2, 0) is 0 Å². The Hall–Kier alpha value is -3.60. The van der Waals surface area contributed by atoms with Crippen LogP contribution in [0.1, 0.15) is 56.2 Å². The number of hydrogen-bond acceptors (Lipinski definition) is 2. The van der Waals surface area contributed by atoms with Gasteiger partial charge in [-0.25, -0.2) is 4.79 Å². The van der Waals surface area contributed by atoms with E-state index in [4.69, 9.17) is 5.41 Å². The first-order chi connectivity index (χ1) is 14.9. The molecule has 0 atom stereocenters. The molecule has 0 fully saturated rings. The third-order valence-corrected chi connectivity index (χ3v) is 5.61. The number of aromatic nitrogens is 2. The van der Waals surface area contributed by atoms with Crippen LogP contribution in [0.5, 0.6) is 0 Å². The molecule has 1 heterocycles. The molecule has 5 heteroatoms. The molecule has 0 amide bonds. The van der Waals surface area contributed by atoms with Gasteiger partial charge in [-0.15, -0.1) is 0 Å². The minimum absolute atomic E-state index is 0.190. The van der Waals surface area contributed by atoms with Crippen LogP contribution < -0.4 is 11.0 Å². The van der Waals surface area contributed by atoms with E-state index in [1.54, 1.807) is 4.57 Å². The molecule has 0 saturated carbocycles. The highest BCUT2D eigenvalue weighted by Gasteiger charge is 2.16. The number of benzene rings is 3. The molecule has 0 aliphatic carbocycles. The van der Waals surface area contributed by atoms with E-state index >= 15 is 0 Å². The third-order valence-electron chi connectivity index (χ3n) is 5.61. The molecular weight excluding hydrogens is 384 g/mol. The van der Waals surface area contributed by atoms with Gasteiger partial charge in [-0.1, -0.05) is 64.1 Å². The lowest BCUT2D eigenvalue weighted by atomic mass is 9.92. The molecule has 0 aliphatic rings. The number of para-hydroxylation sites is 2. The zero-order chi connectivity index (χ0) is 22.1. The summed E-state index contributed by atoms with van der Waals surface area (Å²) in [6.45, 7) is 8.66. The van der Waals surface area contributed by atoms with E-state index in [1.807, 2.05) is 48.5 Å². The molecule has 158 valence electrons. The lowest BCUT2D eigenvalue weighted by Crippen LogP contribution is -2.16. The monoisotopic (exact) mass is 412 g/mol. The summed E-state index contributed by atoms with van der Waals surface area (Å²) < 4.78 is 1.65. The number of hydrogen-bond donors (Lipinski definition) is 3. The molecule has 3 aromatic carbocycles. The molecule has 4 aromatic rings. The fraction of sp³-hybridized carbons (Fsp3) is 0.231. The van der Waals surface area contributed by atoms with Crippen molar-refractivity contribution >= 4 is 22.6 Å². The van der Waals surface area contributed by atoms with Gasteiger partial charge in [-0.05, 0) is 53.3 Å². The lowest BCUT2D eigenvalue weighted by molar-refractivity contribution is 0.839. The number of fused-ring (bicyclic) bond motifs is 1. The van der Waals surface area contributed by atoms with Gasteiger partial charge >= 0.3 is 5.69 Å². The van der Waals surface area contributed by atoms with Gasteiger partial charge in [-0.2, -0.15) is 0 Å². The van der Waals surface area contributed by atoms with E-state index in [-0.39, 0.29) is 5.69 Å². The average molecular weight is 413 g/mol. The minimum atomic E-state index is -0.190. The van der Waals surface area contributed by atoms with E-state index in [0.717, 1.165) is 22.5 Å². The summed E-state index contributed by atoms with van der Waals surface area (Å²) in [4.78, 5) is 15.5. The standard InChI is InChI=1S/C26H28N4O/c1-16(2)20-11-8-12-21(17(3)4)24(20)29-25(27)18-13-14-23-22(15-18)28-26(31)30(23)19-9-6-5-7-10-19/h5-17H,1-4H3,(H2,27,29)(H,28,31). The Kier molecular flexibility index (Phi) is 5.51. The van der Waals surface area contributed by atoms with Crippen LogP contribution in [0.4, 0.5) is 5.69 Å². The summed E-state index contributed by atoms with van der Waals surface area (Å²) in [6, 6.07) is 21.5. The van der Waals surface area contributed by atoms with Crippen LogP contribution in [-0.4, -0.2) is 15.4 Å². The van der Waals surface area contributed by atoms with Crippen LogP contribution in [0.3, 0.4) is 0 Å². The van der Waals surface area contributed by atoms with Crippen LogP contribution in [0.15, 0.2) is 71.5 Å². The smallest absolute Gasteiger partial charge is 0.331 e. The van der Waals surface area contributed by atoms with E-state index in [1.165, 1.54) is 11.1 Å². The van der Waals surface area contributed by atoms with Crippen molar-refractivity contribution in [2.24, 2.45) is 0 Å². The second kappa shape index (κ2) is 8.26. The maximum atomic E-state index is 12.6. The molecule has 0 saturated heterocycles. The van der Waals surface area contributed by atoms with Gasteiger partial charge in [0.05, 0.1) is 16.7 Å². The number of rotatable bonds is 5. The van der Waals surface area contributed by atoms with E-state index in [9.17, 15) is 4.79 Å². The van der Waals surface area contributed by atoms with Crippen molar-refractivity contribution in [3.05, 3.63) is 93.9 Å². The molecule has 0 bridgehead atoms. The highest BCUT2D eigenvalue weighted by atomic mass is 16.1. The number of aromatic amines is 1. The van der Waals surface area contributed by atoms with Crippen molar-refractivity contribution in [2.45, 2.75) is 39.5 Å². The first-order valence-corrected chi connectivity index (χ1v) is 10.7. The lowest BCUT2D eigenvalue weighted by Gasteiger charge is -2.21. The zero-order valence-corrected chi connectivity index (χ0v) is 18.4. The van der Waals surface area contributed by atoms with Crippen molar-refractivity contribution in [1.82, 2.24) is 9.55 Å². The zero-order valence-electron chi connectivity index (χ0n) is 18.4. The van der Waals surface area contributed by atoms with Crippen molar-refractivity contribution < 1.29 is 0 Å². The minimum Gasteiger partial charge on any atom is -0.340 e. The van der Waals surface area contributed by atoms with Gasteiger partial charge in [0.2, 0.25) is 0 Å². The first-order valence-electron chi connectivity index (χ1n) is 10.7. The molecule has 0 unspecified atom stereocenters. The van der Waals surface area contributed by atoms with Crippen LogP contribution in [0.2, 0.25) is 0 Å². The van der Waals surface area contributed by atoms with Gasteiger partial charge in [0.15, 0.2) is 0 Å². The average Bonchev–Trinajstić information content (AvgIpc) is 3.08. The Balaban J connectivity index is 1.73. The highest BCUT2D eigenvalue weighted by Crippen LogP contribution is 2.32. The summed E-state index contributed by atoms with van der Waals surface area (Å²) >= 11 is 0. The quantitative estimate of drug-likeness (QED) is 0.278. The number of imidazole rings is 1. The number of H-pyrrole nitrogens is 1. The van der Waals surface area contributed by atoms with Crippen LogP contribution in [0.25, 0.3) is 16.7 Å². The van der Waals surface area contributed by atoms with Crippen molar-refractivity contribution in [1.29, 1.82) is 5.41 Å². The van der Waals surface area contributed by atoms with E-state index in [0.29, 0.717) is 23.2 Å². The Morgan fingerprint density at radius 2 is 1.55 bits per heavy atom. The maximum absolute atomic E-state index is 12.6. The van der Waals surface area contributed by atoms with Gasteiger partial charge < -0.3 is 10.3 Å². The Bertz CT molecular complexity index is 1270. The molecule has 3 N–H and O–H groups in total. The molecular formula is C26H28N4O. The Morgan fingerprint density at radius 1 is 0.903 bits per heavy atom. The first kappa shape index (κ1) is 20.7. The predicted molar refractivity (Wildman–Crippen MR) is 129 cm³/mol. The topological polar surface area (TPSA) is 73.7 Å². The number of nitrogens with zero attached hydrogens (tertiary/aromatic N) is 1. The molecule has 1 aromatic heterocycles. The fourth-order valence-electron chi connectivity index (χ4n) is 3.99. The summed E-state index contributed by atoms with van der Waals surface area (Å²) in [7, 11) is 0. The fourth-order valence-corrected chi connectivity index (χ4v) is 3.99. The van der Waals surface area contributed by atoms with Crippen molar-refractivity contribution in [3.63, 3.8) is 0 Å². The largest absolute Gasteiger partial charge is 0.340 e. The van der Waals surface area contributed by atoms with Crippen LogP contribution in [0, 0.1) is 5.41 Å². The SMILES string of the molecule is CC(C)c1cccc(C(C)C)c1NC(=N)c1ccc2c(c1)[nH]c(=O)n2-c1ccccc1. The molecule has 4 rings (SSSR count). The number of anilines is 1. The van der Waals surface area contributed by atoms with Crippen LogP contribution >= 0.6 is 0 Å². The molecule has 0 radical (unpaired) electrons. The summed E-state index contributed by atoms with van der Waals surface area (Å²) in [5.41, 5.74) is 6.24. The normalized spacial score (nSPS) is 11.4. The van der Waals surface area contributed by atoms with Gasteiger partial charge in [0.25, 0.3) is 0 Å². The summed E-state index contributed by atoms with van der Waals surface area (Å²) in [5.74, 6) is 0.991. The Morgan fingerprint density at radius 3 is 2.16 bits per heavy atom. The summed E-state index contributed by atoms with van der Waals surface area (Å²) in [6.07, 6.45) is 0.